The maximum absolute atomic E-state index is 11.9. The second kappa shape index (κ2) is 4.66. The number of hydrogen-bond donors (Lipinski definition) is 0. The molecular formula is C16H12Cl2O. The van der Waals surface area contributed by atoms with Gasteiger partial charge in [-0.1, -0.05) is 54.1 Å². The zero-order valence-corrected chi connectivity index (χ0v) is 11.7. The van der Waals surface area contributed by atoms with Crippen molar-refractivity contribution in [3.8, 4) is 0 Å². The molecule has 2 aromatic rings. The number of carbonyl (C=O) groups is 1. The SMILES string of the molecule is O=C(Cl)[C@]1(c2ccc(Cl)cc2)C[C@@H]1c1ccccc1. The molecule has 0 aliphatic heterocycles. The zero-order valence-electron chi connectivity index (χ0n) is 10.1. The van der Waals surface area contributed by atoms with E-state index in [1.165, 1.54) is 0 Å². The average Bonchev–Trinajstić information content (AvgIpc) is 3.17. The predicted molar refractivity (Wildman–Crippen MR) is 77.8 cm³/mol. The minimum absolute atomic E-state index is 0.167. The minimum atomic E-state index is -0.576. The first-order valence-corrected chi connectivity index (χ1v) is 6.91. The maximum atomic E-state index is 11.9. The van der Waals surface area contributed by atoms with Crippen molar-refractivity contribution in [1.29, 1.82) is 0 Å². The van der Waals surface area contributed by atoms with E-state index in [2.05, 4.69) is 0 Å². The van der Waals surface area contributed by atoms with E-state index in [-0.39, 0.29) is 11.2 Å². The molecule has 0 saturated heterocycles. The monoisotopic (exact) mass is 290 g/mol. The van der Waals surface area contributed by atoms with Crippen LogP contribution in [-0.2, 0) is 10.2 Å². The van der Waals surface area contributed by atoms with Crippen LogP contribution in [-0.4, -0.2) is 5.24 Å². The second-order valence-electron chi connectivity index (χ2n) is 4.92. The van der Waals surface area contributed by atoms with Crippen LogP contribution in [0.15, 0.2) is 54.6 Å². The van der Waals surface area contributed by atoms with Crippen molar-refractivity contribution in [3.05, 3.63) is 70.7 Å². The molecule has 0 spiro atoms. The van der Waals surface area contributed by atoms with Gasteiger partial charge in [0.25, 0.3) is 0 Å². The smallest absolute Gasteiger partial charge is 0.232 e. The summed E-state index contributed by atoms with van der Waals surface area (Å²) in [5, 5.41) is 0.376. The summed E-state index contributed by atoms with van der Waals surface area (Å²) >= 11 is 11.8. The van der Waals surface area contributed by atoms with E-state index in [9.17, 15) is 4.79 Å². The van der Waals surface area contributed by atoms with Crippen molar-refractivity contribution in [2.24, 2.45) is 0 Å². The topological polar surface area (TPSA) is 17.1 Å². The van der Waals surface area contributed by atoms with Crippen molar-refractivity contribution in [2.75, 3.05) is 0 Å². The third kappa shape index (κ3) is 2.07. The van der Waals surface area contributed by atoms with Crippen LogP contribution in [0.5, 0.6) is 0 Å². The first-order chi connectivity index (χ1) is 9.14. The van der Waals surface area contributed by atoms with E-state index in [4.69, 9.17) is 23.2 Å². The summed E-state index contributed by atoms with van der Waals surface area (Å²) in [5.41, 5.74) is 1.53. The molecule has 0 aromatic heterocycles. The fraction of sp³-hybridized carbons (Fsp3) is 0.188. The van der Waals surface area contributed by atoms with Crippen LogP contribution in [0.2, 0.25) is 5.02 Å². The summed E-state index contributed by atoms with van der Waals surface area (Å²) < 4.78 is 0. The molecule has 0 unspecified atom stereocenters. The fourth-order valence-corrected chi connectivity index (χ4v) is 3.19. The van der Waals surface area contributed by atoms with Gasteiger partial charge in [0.1, 0.15) is 0 Å². The first kappa shape index (κ1) is 12.7. The third-order valence-electron chi connectivity index (χ3n) is 3.87. The Kier molecular flexibility index (Phi) is 3.12. The molecule has 3 rings (SSSR count). The summed E-state index contributed by atoms with van der Waals surface area (Å²) in [6.07, 6.45) is 0.765. The van der Waals surface area contributed by atoms with Crippen molar-refractivity contribution in [1.82, 2.24) is 0 Å². The molecule has 0 radical (unpaired) electrons. The molecule has 3 heteroatoms. The number of halogens is 2. The van der Waals surface area contributed by atoms with E-state index >= 15 is 0 Å². The normalized spacial score (nSPS) is 25.1. The summed E-state index contributed by atoms with van der Waals surface area (Å²) in [7, 11) is 0. The summed E-state index contributed by atoms with van der Waals surface area (Å²) in [4.78, 5) is 11.9. The van der Waals surface area contributed by atoms with E-state index in [1.807, 2.05) is 42.5 Å². The van der Waals surface area contributed by atoms with Crippen LogP contribution in [0.25, 0.3) is 0 Å². The summed E-state index contributed by atoms with van der Waals surface area (Å²) in [6, 6.07) is 17.4. The van der Waals surface area contributed by atoms with Gasteiger partial charge >= 0.3 is 0 Å². The van der Waals surface area contributed by atoms with Crippen LogP contribution >= 0.6 is 23.2 Å². The van der Waals surface area contributed by atoms with E-state index < -0.39 is 5.41 Å². The Morgan fingerprint density at radius 3 is 2.26 bits per heavy atom. The molecule has 96 valence electrons. The molecule has 0 N–H and O–H groups in total. The van der Waals surface area contributed by atoms with Gasteiger partial charge in [0.2, 0.25) is 5.24 Å². The quantitative estimate of drug-likeness (QED) is 0.759. The highest BCUT2D eigenvalue weighted by atomic mass is 35.5. The predicted octanol–water partition coefficient (Wildman–Crippen LogP) is 4.53. The Balaban J connectivity index is 2.00. The lowest BCUT2D eigenvalue weighted by molar-refractivity contribution is -0.114. The second-order valence-corrected chi connectivity index (χ2v) is 5.70. The Morgan fingerprint density at radius 2 is 1.68 bits per heavy atom. The highest BCUT2D eigenvalue weighted by molar-refractivity contribution is 6.66. The van der Waals surface area contributed by atoms with E-state index in [0.29, 0.717) is 5.02 Å². The summed E-state index contributed by atoms with van der Waals surface area (Å²) in [5.74, 6) is 0.167. The first-order valence-electron chi connectivity index (χ1n) is 6.15. The zero-order chi connectivity index (χ0) is 13.5. The lowest BCUT2D eigenvalue weighted by Crippen LogP contribution is -2.17. The number of benzene rings is 2. The molecule has 0 amide bonds. The Labute approximate surface area is 122 Å². The summed E-state index contributed by atoms with van der Waals surface area (Å²) in [6.45, 7) is 0. The lowest BCUT2D eigenvalue weighted by atomic mass is 9.92. The number of hydrogen-bond acceptors (Lipinski definition) is 1. The van der Waals surface area contributed by atoms with Crippen molar-refractivity contribution in [3.63, 3.8) is 0 Å². The molecule has 0 bridgehead atoms. The molecule has 1 fully saturated rings. The third-order valence-corrected chi connectivity index (χ3v) is 4.46. The van der Waals surface area contributed by atoms with E-state index in [0.717, 1.165) is 17.5 Å². The van der Waals surface area contributed by atoms with Crippen LogP contribution in [0, 0.1) is 0 Å². The highest BCUT2D eigenvalue weighted by Gasteiger charge is 2.60. The lowest BCUT2D eigenvalue weighted by Gasteiger charge is -2.13. The van der Waals surface area contributed by atoms with Gasteiger partial charge in [-0.25, -0.2) is 0 Å². The molecule has 0 heterocycles. The van der Waals surface area contributed by atoms with Gasteiger partial charge in [0, 0.05) is 10.9 Å². The molecular weight excluding hydrogens is 279 g/mol. The molecule has 1 aliphatic rings. The van der Waals surface area contributed by atoms with E-state index in [1.54, 1.807) is 12.1 Å². The highest BCUT2D eigenvalue weighted by Crippen LogP contribution is 2.61. The number of rotatable bonds is 3. The number of carbonyl (C=O) groups excluding carboxylic acids is 1. The Morgan fingerprint density at radius 1 is 1.05 bits per heavy atom. The van der Waals surface area contributed by atoms with Gasteiger partial charge in [-0.2, -0.15) is 0 Å². The van der Waals surface area contributed by atoms with Crippen molar-refractivity contribution in [2.45, 2.75) is 17.8 Å². The Hall–Kier alpha value is -1.31. The van der Waals surface area contributed by atoms with Gasteiger partial charge in [-0.15, -0.1) is 0 Å². The van der Waals surface area contributed by atoms with Crippen LogP contribution in [0.4, 0.5) is 0 Å². The van der Waals surface area contributed by atoms with Crippen molar-refractivity contribution < 1.29 is 4.79 Å². The van der Waals surface area contributed by atoms with Crippen LogP contribution in [0.3, 0.4) is 0 Å². The molecule has 2 aromatic carbocycles. The van der Waals surface area contributed by atoms with Crippen molar-refractivity contribution >= 4 is 28.4 Å². The fourth-order valence-electron chi connectivity index (χ4n) is 2.75. The standard InChI is InChI=1S/C16H12Cl2O/c17-13-8-6-12(7-9-13)16(15(18)19)10-14(16)11-4-2-1-3-5-11/h1-9,14H,10H2/t14-,16+/m1/s1. The largest absolute Gasteiger partial charge is 0.280 e. The van der Waals surface area contributed by atoms with Gasteiger partial charge in [-0.05, 0) is 41.3 Å². The van der Waals surface area contributed by atoms with Gasteiger partial charge in [0.05, 0.1) is 5.41 Å². The molecule has 2 atom stereocenters. The average molecular weight is 291 g/mol. The van der Waals surface area contributed by atoms with Gasteiger partial charge in [-0.3, -0.25) is 4.79 Å². The maximum Gasteiger partial charge on any atom is 0.232 e. The van der Waals surface area contributed by atoms with Gasteiger partial charge in [0.15, 0.2) is 0 Å². The Bertz CT molecular complexity index is 606. The minimum Gasteiger partial charge on any atom is -0.280 e. The van der Waals surface area contributed by atoms with Gasteiger partial charge < -0.3 is 0 Å². The molecule has 1 saturated carbocycles. The molecule has 1 nitrogen and oxygen atoms in total. The molecule has 1 aliphatic carbocycles. The molecule has 19 heavy (non-hydrogen) atoms. The van der Waals surface area contributed by atoms with Crippen LogP contribution in [0.1, 0.15) is 23.5 Å². The van der Waals surface area contributed by atoms with Crippen LogP contribution < -0.4 is 0 Å².